The maximum absolute atomic E-state index is 12.0. The van der Waals surface area contributed by atoms with Gasteiger partial charge in [-0.1, -0.05) is 13.8 Å². The molecule has 4 heteroatoms. The van der Waals surface area contributed by atoms with E-state index >= 15 is 0 Å². The molecule has 1 aromatic rings. The van der Waals surface area contributed by atoms with Crippen molar-refractivity contribution in [1.29, 1.82) is 0 Å². The summed E-state index contributed by atoms with van der Waals surface area (Å²) in [4.78, 5) is 12.0. The van der Waals surface area contributed by atoms with Crippen LogP contribution < -0.4 is 11.1 Å². The van der Waals surface area contributed by atoms with Crippen LogP contribution in [0, 0.1) is 5.92 Å². The number of benzene rings is 1. The Labute approximate surface area is 108 Å². The summed E-state index contributed by atoms with van der Waals surface area (Å²) in [5.41, 5.74) is 6.42. The predicted molar refractivity (Wildman–Crippen MR) is 73.5 cm³/mol. The average molecular weight is 250 g/mol. The summed E-state index contributed by atoms with van der Waals surface area (Å²) < 4.78 is 0. The second-order valence-corrected chi connectivity index (χ2v) is 5.12. The Balaban J connectivity index is 2.62. The zero-order chi connectivity index (χ0) is 13.7. The van der Waals surface area contributed by atoms with Gasteiger partial charge in [0.2, 0.25) is 0 Å². The number of carbonyl (C=O) groups is 1. The van der Waals surface area contributed by atoms with Crippen molar-refractivity contribution in [3.05, 3.63) is 23.8 Å². The molecule has 1 rings (SSSR count). The molecule has 18 heavy (non-hydrogen) atoms. The Morgan fingerprint density at radius 2 is 2.00 bits per heavy atom. The van der Waals surface area contributed by atoms with Crippen LogP contribution in [-0.2, 0) is 0 Å². The van der Waals surface area contributed by atoms with Gasteiger partial charge in [-0.25, -0.2) is 0 Å². The van der Waals surface area contributed by atoms with E-state index in [1.54, 1.807) is 0 Å². The molecule has 0 spiro atoms. The lowest BCUT2D eigenvalue weighted by atomic mass is 10.0. The molecule has 0 heterocycles. The molecule has 0 saturated heterocycles. The first-order valence-electron chi connectivity index (χ1n) is 6.29. The third kappa shape index (κ3) is 4.28. The zero-order valence-corrected chi connectivity index (χ0v) is 11.2. The minimum atomic E-state index is -0.236. The van der Waals surface area contributed by atoms with E-state index in [1.807, 2.05) is 6.92 Å². The van der Waals surface area contributed by atoms with Gasteiger partial charge < -0.3 is 16.2 Å². The second-order valence-electron chi connectivity index (χ2n) is 5.12. The number of nitrogens with two attached hydrogens (primary N) is 1. The van der Waals surface area contributed by atoms with Gasteiger partial charge in [-0.2, -0.15) is 0 Å². The molecule has 4 nitrogen and oxygen atoms in total. The Kier molecular flexibility index (Phi) is 5.01. The average Bonchev–Trinajstić information content (AvgIpc) is 2.29. The molecule has 1 amide bonds. The maximum atomic E-state index is 12.0. The van der Waals surface area contributed by atoms with Crippen LogP contribution >= 0.6 is 0 Å². The largest absolute Gasteiger partial charge is 0.508 e. The smallest absolute Gasteiger partial charge is 0.253 e. The van der Waals surface area contributed by atoms with Gasteiger partial charge in [0, 0.05) is 11.7 Å². The van der Waals surface area contributed by atoms with Crippen molar-refractivity contribution in [3.8, 4) is 5.75 Å². The van der Waals surface area contributed by atoms with Gasteiger partial charge in [-0.3, -0.25) is 4.79 Å². The molecule has 0 aliphatic carbocycles. The van der Waals surface area contributed by atoms with Crippen molar-refractivity contribution in [3.63, 3.8) is 0 Å². The third-order valence-corrected chi connectivity index (χ3v) is 2.84. The molecule has 0 radical (unpaired) electrons. The molecule has 100 valence electrons. The monoisotopic (exact) mass is 250 g/mol. The molecule has 0 bridgehead atoms. The van der Waals surface area contributed by atoms with E-state index in [0.29, 0.717) is 17.2 Å². The molecule has 1 aromatic carbocycles. The van der Waals surface area contributed by atoms with Crippen molar-refractivity contribution >= 4 is 11.6 Å². The number of hydrogen-bond donors (Lipinski definition) is 3. The zero-order valence-electron chi connectivity index (χ0n) is 11.2. The summed E-state index contributed by atoms with van der Waals surface area (Å²) in [6, 6.07) is 4.48. The van der Waals surface area contributed by atoms with Crippen molar-refractivity contribution in [2.75, 3.05) is 5.73 Å². The van der Waals surface area contributed by atoms with E-state index in [2.05, 4.69) is 19.2 Å². The number of nitrogen functional groups attached to an aromatic ring is 1. The van der Waals surface area contributed by atoms with Crippen LogP contribution in [0.25, 0.3) is 0 Å². The Morgan fingerprint density at radius 3 is 2.61 bits per heavy atom. The number of nitrogens with one attached hydrogen (secondary N) is 1. The minimum Gasteiger partial charge on any atom is -0.508 e. The van der Waals surface area contributed by atoms with Crippen LogP contribution in [-0.4, -0.2) is 17.1 Å². The van der Waals surface area contributed by atoms with Gasteiger partial charge in [0.1, 0.15) is 5.75 Å². The highest BCUT2D eigenvalue weighted by Gasteiger charge is 2.13. The molecule has 0 aliphatic rings. The molecule has 0 aliphatic heterocycles. The lowest BCUT2D eigenvalue weighted by Crippen LogP contribution is -2.33. The number of anilines is 1. The molecular weight excluding hydrogens is 228 g/mol. The first-order chi connectivity index (χ1) is 8.40. The van der Waals surface area contributed by atoms with E-state index in [4.69, 9.17) is 5.73 Å². The molecule has 1 unspecified atom stereocenters. The van der Waals surface area contributed by atoms with Crippen molar-refractivity contribution in [1.82, 2.24) is 5.32 Å². The van der Waals surface area contributed by atoms with E-state index in [9.17, 15) is 9.90 Å². The third-order valence-electron chi connectivity index (χ3n) is 2.84. The summed E-state index contributed by atoms with van der Waals surface area (Å²) in [5, 5.41) is 12.3. The van der Waals surface area contributed by atoms with Gasteiger partial charge in [0.15, 0.2) is 0 Å². The van der Waals surface area contributed by atoms with Gasteiger partial charge in [-0.05, 0) is 43.9 Å². The molecule has 0 saturated carbocycles. The summed E-state index contributed by atoms with van der Waals surface area (Å²) in [7, 11) is 0. The van der Waals surface area contributed by atoms with Crippen molar-refractivity contribution < 1.29 is 9.90 Å². The normalized spacial score (nSPS) is 12.4. The summed E-state index contributed by atoms with van der Waals surface area (Å²) in [6.45, 7) is 6.28. The summed E-state index contributed by atoms with van der Waals surface area (Å²) in [6.07, 6.45) is 2.00. The Morgan fingerprint density at radius 1 is 1.33 bits per heavy atom. The number of phenolic OH excluding ortho intramolecular Hbond substituents is 1. The number of hydrogen-bond acceptors (Lipinski definition) is 3. The number of aromatic hydroxyl groups is 1. The van der Waals surface area contributed by atoms with E-state index in [-0.39, 0.29) is 17.7 Å². The maximum Gasteiger partial charge on any atom is 0.253 e. The van der Waals surface area contributed by atoms with Crippen molar-refractivity contribution in [2.45, 2.75) is 39.7 Å². The van der Waals surface area contributed by atoms with Gasteiger partial charge in [0.05, 0.1) is 5.56 Å². The van der Waals surface area contributed by atoms with Crippen LogP contribution in [0.5, 0.6) is 5.75 Å². The Hall–Kier alpha value is -1.71. The fraction of sp³-hybridized carbons (Fsp3) is 0.500. The highest BCUT2D eigenvalue weighted by molar-refractivity contribution is 5.99. The van der Waals surface area contributed by atoms with E-state index in [1.165, 1.54) is 18.2 Å². The second kappa shape index (κ2) is 6.28. The fourth-order valence-corrected chi connectivity index (χ4v) is 1.70. The highest BCUT2D eigenvalue weighted by atomic mass is 16.3. The van der Waals surface area contributed by atoms with Crippen LogP contribution in [0.1, 0.15) is 44.0 Å². The summed E-state index contributed by atoms with van der Waals surface area (Å²) in [5.74, 6) is 0.430. The highest BCUT2D eigenvalue weighted by Crippen LogP contribution is 2.18. The Bertz CT molecular complexity index is 416. The van der Waals surface area contributed by atoms with Crippen LogP contribution in [0.15, 0.2) is 18.2 Å². The first-order valence-corrected chi connectivity index (χ1v) is 6.29. The van der Waals surface area contributed by atoms with E-state index < -0.39 is 0 Å². The van der Waals surface area contributed by atoms with E-state index in [0.717, 1.165) is 12.8 Å². The van der Waals surface area contributed by atoms with Gasteiger partial charge in [-0.15, -0.1) is 0 Å². The lowest BCUT2D eigenvalue weighted by molar-refractivity contribution is 0.0937. The van der Waals surface area contributed by atoms with Crippen LogP contribution in [0.4, 0.5) is 5.69 Å². The van der Waals surface area contributed by atoms with Gasteiger partial charge in [0.25, 0.3) is 5.91 Å². The van der Waals surface area contributed by atoms with Crippen LogP contribution in [0.3, 0.4) is 0 Å². The number of rotatable bonds is 5. The lowest BCUT2D eigenvalue weighted by Gasteiger charge is -2.16. The SMILES string of the molecule is CC(C)CCC(C)NC(=O)c1cc(O)ccc1N. The quantitative estimate of drug-likeness (QED) is 0.555. The van der Waals surface area contributed by atoms with Crippen molar-refractivity contribution in [2.24, 2.45) is 5.92 Å². The number of phenols is 1. The molecule has 1 atom stereocenters. The fourth-order valence-electron chi connectivity index (χ4n) is 1.70. The molecule has 0 aromatic heterocycles. The standard InChI is InChI=1S/C14H22N2O2/c1-9(2)4-5-10(3)16-14(18)12-8-11(17)6-7-13(12)15/h6-10,17H,4-5,15H2,1-3H3,(H,16,18). The summed E-state index contributed by atoms with van der Waals surface area (Å²) >= 11 is 0. The van der Waals surface area contributed by atoms with Gasteiger partial charge >= 0.3 is 0 Å². The number of carbonyl (C=O) groups excluding carboxylic acids is 1. The molecule has 4 N–H and O–H groups in total. The molecule has 0 fully saturated rings. The van der Waals surface area contributed by atoms with Crippen LogP contribution in [0.2, 0.25) is 0 Å². The minimum absolute atomic E-state index is 0.0455. The topological polar surface area (TPSA) is 75.3 Å². The number of amides is 1. The molecular formula is C14H22N2O2. The predicted octanol–water partition coefficient (Wildman–Crippen LogP) is 2.53. The first kappa shape index (κ1) is 14.4.